The van der Waals surface area contributed by atoms with Crippen LogP contribution in [0.25, 0.3) is 10.2 Å². The summed E-state index contributed by atoms with van der Waals surface area (Å²) < 4.78 is 4.82. The van der Waals surface area contributed by atoms with Gasteiger partial charge in [0.05, 0.1) is 4.70 Å². The molecule has 1 heterocycles. The van der Waals surface area contributed by atoms with Gasteiger partial charge in [-0.1, -0.05) is 18.3 Å². The van der Waals surface area contributed by atoms with Crippen LogP contribution in [0.2, 0.25) is 0 Å². The van der Waals surface area contributed by atoms with Crippen LogP contribution < -0.4 is 0 Å². The van der Waals surface area contributed by atoms with Crippen molar-refractivity contribution in [3.63, 3.8) is 0 Å². The van der Waals surface area contributed by atoms with E-state index in [0.717, 1.165) is 22.2 Å². The molecule has 0 radical (unpaired) electrons. The van der Waals surface area contributed by atoms with Crippen LogP contribution in [0.5, 0.6) is 0 Å². The number of ketones is 1. The van der Waals surface area contributed by atoms with Gasteiger partial charge in [0.2, 0.25) is 0 Å². The Hall–Kier alpha value is -1.29. The summed E-state index contributed by atoms with van der Waals surface area (Å²) in [6.45, 7) is 3.98. The second-order valence-corrected chi connectivity index (χ2v) is 4.41. The highest BCUT2D eigenvalue weighted by Crippen LogP contribution is 2.19. The average Bonchev–Trinajstić information content (AvgIpc) is 2.73. The normalized spacial score (nSPS) is 12.9. The highest BCUT2D eigenvalue weighted by Gasteiger charge is 2.13. The molecule has 78 valence electrons. The van der Waals surface area contributed by atoms with Crippen LogP contribution in [0.1, 0.15) is 30.6 Å². The Balaban J connectivity index is 2.39. The molecule has 0 amide bonds. The molecule has 2 aromatic rings. The smallest absolute Gasteiger partial charge is 0.165 e. The molecule has 0 aliphatic rings. The van der Waals surface area contributed by atoms with E-state index in [4.69, 9.17) is 0 Å². The lowest BCUT2D eigenvalue weighted by Crippen LogP contribution is -2.09. The summed E-state index contributed by atoms with van der Waals surface area (Å²) in [6.07, 6.45) is 0.873. The second kappa shape index (κ2) is 4.06. The molecular formula is C11H12N2OS. The van der Waals surface area contributed by atoms with E-state index in [2.05, 4.69) is 9.59 Å². The topological polar surface area (TPSA) is 42.9 Å². The summed E-state index contributed by atoms with van der Waals surface area (Å²) in [5, 5.41) is 3.94. The summed E-state index contributed by atoms with van der Waals surface area (Å²) in [7, 11) is 0. The molecule has 1 atom stereocenters. The molecule has 0 saturated heterocycles. The molecule has 4 heteroatoms. The molecule has 0 fully saturated rings. The third kappa shape index (κ3) is 1.90. The predicted molar refractivity (Wildman–Crippen MR) is 61.2 cm³/mol. The van der Waals surface area contributed by atoms with E-state index in [-0.39, 0.29) is 11.7 Å². The van der Waals surface area contributed by atoms with Gasteiger partial charge < -0.3 is 0 Å². The van der Waals surface area contributed by atoms with Crippen molar-refractivity contribution < 1.29 is 4.79 Å². The number of benzene rings is 1. The van der Waals surface area contributed by atoms with Gasteiger partial charge in [0.1, 0.15) is 5.52 Å². The SMILES string of the molecule is CCC(C)C(=O)c1ccc2nnsc2c1. The van der Waals surface area contributed by atoms with Gasteiger partial charge in [0.15, 0.2) is 5.78 Å². The fraction of sp³-hybridized carbons (Fsp3) is 0.364. The number of Topliss-reactive ketones (excluding diaryl/α,β-unsaturated/α-hetero) is 1. The zero-order valence-electron chi connectivity index (χ0n) is 8.73. The van der Waals surface area contributed by atoms with Crippen molar-refractivity contribution in [2.45, 2.75) is 20.3 Å². The number of hydrogen-bond donors (Lipinski definition) is 0. The van der Waals surface area contributed by atoms with Gasteiger partial charge in [0.25, 0.3) is 0 Å². The molecule has 0 N–H and O–H groups in total. The number of rotatable bonds is 3. The van der Waals surface area contributed by atoms with E-state index in [9.17, 15) is 4.79 Å². The maximum absolute atomic E-state index is 11.9. The number of carbonyl (C=O) groups excluding carboxylic acids is 1. The number of nitrogens with zero attached hydrogens (tertiary/aromatic N) is 2. The molecule has 3 nitrogen and oxygen atoms in total. The van der Waals surface area contributed by atoms with Crippen molar-refractivity contribution in [3.05, 3.63) is 23.8 Å². The third-order valence-electron chi connectivity index (χ3n) is 2.59. The zero-order chi connectivity index (χ0) is 10.8. The van der Waals surface area contributed by atoms with E-state index in [1.54, 1.807) is 0 Å². The number of aromatic nitrogens is 2. The molecule has 1 aromatic heterocycles. The first kappa shape index (κ1) is 10.2. The standard InChI is InChI=1S/C11H12N2OS/c1-3-7(2)11(14)8-4-5-9-10(6-8)15-13-12-9/h4-7H,3H2,1-2H3. The van der Waals surface area contributed by atoms with Crippen molar-refractivity contribution in [2.24, 2.45) is 5.92 Å². The van der Waals surface area contributed by atoms with Gasteiger partial charge >= 0.3 is 0 Å². The Kier molecular flexibility index (Phi) is 2.77. The van der Waals surface area contributed by atoms with Crippen molar-refractivity contribution in [2.75, 3.05) is 0 Å². The third-order valence-corrected chi connectivity index (χ3v) is 3.28. The first-order chi connectivity index (χ1) is 7.22. The fourth-order valence-electron chi connectivity index (χ4n) is 1.40. The van der Waals surface area contributed by atoms with E-state index in [1.807, 2.05) is 32.0 Å². The molecule has 0 aliphatic carbocycles. The van der Waals surface area contributed by atoms with Gasteiger partial charge in [-0.25, -0.2) is 0 Å². The van der Waals surface area contributed by atoms with E-state index < -0.39 is 0 Å². The minimum atomic E-state index is 0.0864. The largest absolute Gasteiger partial charge is 0.294 e. The summed E-state index contributed by atoms with van der Waals surface area (Å²) >= 11 is 1.32. The summed E-state index contributed by atoms with van der Waals surface area (Å²) in [5.41, 5.74) is 1.63. The van der Waals surface area contributed by atoms with Crippen LogP contribution in [0.3, 0.4) is 0 Å². The van der Waals surface area contributed by atoms with Crippen molar-refractivity contribution >= 4 is 27.5 Å². The van der Waals surface area contributed by atoms with Crippen molar-refractivity contribution in [1.29, 1.82) is 0 Å². The van der Waals surface area contributed by atoms with Crippen LogP contribution in [-0.4, -0.2) is 15.4 Å². The summed E-state index contributed by atoms with van der Waals surface area (Å²) in [6, 6.07) is 5.57. The molecule has 0 saturated carbocycles. The predicted octanol–water partition coefficient (Wildman–Crippen LogP) is 2.92. The van der Waals surface area contributed by atoms with Crippen LogP contribution in [0.15, 0.2) is 18.2 Å². The quantitative estimate of drug-likeness (QED) is 0.747. The average molecular weight is 220 g/mol. The number of fused-ring (bicyclic) bond motifs is 1. The van der Waals surface area contributed by atoms with Gasteiger partial charge in [0, 0.05) is 11.5 Å². The van der Waals surface area contributed by atoms with Gasteiger partial charge in [-0.05, 0) is 36.2 Å². The number of carbonyl (C=O) groups is 1. The first-order valence-corrected chi connectivity index (χ1v) is 5.76. The van der Waals surface area contributed by atoms with Crippen molar-refractivity contribution in [1.82, 2.24) is 9.59 Å². The first-order valence-electron chi connectivity index (χ1n) is 4.98. The van der Waals surface area contributed by atoms with Crippen LogP contribution in [-0.2, 0) is 0 Å². The van der Waals surface area contributed by atoms with Crippen LogP contribution >= 0.6 is 11.5 Å². The van der Waals surface area contributed by atoms with E-state index in [1.165, 1.54) is 11.5 Å². The van der Waals surface area contributed by atoms with E-state index in [0.29, 0.717) is 0 Å². The second-order valence-electron chi connectivity index (χ2n) is 3.63. The lowest BCUT2D eigenvalue weighted by Gasteiger charge is -2.06. The number of hydrogen-bond acceptors (Lipinski definition) is 4. The monoisotopic (exact) mass is 220 g/mol. The highest BCUT2D eigenvalue weighted by atomic mass is 32.1. The van der Waals surface area contributed by atoms with E-state index >= 15 is 0 Å². The van der Waals surface area contributed by atoms with Gasteiger partial charge in [-0.3, -0.25) is 4.79 Å². The molecule has 1 unspecified atom stereocenters. The molecule has 0 bridgehead atoms. The zero-order valence-corrected chi connectivity index (χ0v) is 9.54. The molecule has 1 aromatic carbocycles. The van der Waals surface area contributed by atoms with Crippen molar-refractivity contribution in [3.8, 4) is 0 Å². The highest BCUT2D eigenvalue weighted by molar-refractivity contribution is 7.12. The van der Waals surface area contributed by atoms with Crippen LogP contribution in [0, 0.1) is 5.92 Å². The molecule has 15 heavy (non-hydrogen) atoms. The van der Waals surface area contributed by atoms with Crippen LogP contribution in [0.4, 0.5) is 0 Å². The lowest BCUT2D eigenvalue weighted by molar-refractivity contribution is 0.0927. The molecular weight excluding hydrogens is 208 g/mol. The summed E-state index contributed by atoms with van der Waals surface area (Å²) in [5.74, 6) is 0.288. The Morgan fingerprint density at radius 2 is 2.33 bits per heavy atom. The van der Waals surface area contributed by atoms with Gasteiger partial charge in [-0.2, -0.15) is 0 Å². The lowest BCUT2D eigenvalue weighted by atomic mass is 9.97. The van der Waals surface area contributed by atoms with Gasteiger partial charge in [-0.15, -0.1) is 5.10 Å². The molecule has 2 rings (SSSR count). The maximum atomic E-state index is 11.9. The minimum absolute atomic E-state index is 0.0864. The fourth-order valence-corrected chi connectivity index (χ4v) is 2.00. The molecule has 0 spiro atoms. The Labute approximate surface area is 92.3 Å². The Morgan fingerprint density at radius 1 is 1.53 bits per heavy atom. The maximum Gasteiger partial charge on any atom is 0.165 e. The minimum Gasteiger partial charge on any atom is -0.294 e. The summed E-state index contributed by atoms with van der Waals surface area (Å²) in [4.78, 5) is 11.9. The Bertz CT molecular complexity index is 492. The molecule has 0 aliphatic heterocycles. The Morgan fingerprint density at radius 3 is 3.07 bits per heavy atom.